The maximum atomic E-state index is 4.90. The number of aromatic nitrogens is 2. The zero-order valence-electron chi connectivity index (χ0n) is 13.7. The Balaban J connectivity index is 2.12. The van der Waals surface area contributed by atoms with Gasteiger partial charge in [-0.25, -0.2) is 4.98 Å². The van der Waals surface area contributed by atoms with Gasteiger partial charge in [0.25, 0.3) is 0 Å². The Morgan fingerprint density at radius 2 is 2.10 bits per heavy atom. The van der Waals surface area contributed by atoms with E-state index in [4.69, 9.17) is 4.98 Å². The largest absolute Gasteiger partial charge is 0.323 e. The Morgan fingerprint density at radius 1 is 1.33 bits per heavy atom. The summed E-state index contributed by atoms with van der Waals surface area (Å²) in [5.41, 5.74) is 2.78. The second kappa shape index (κ2) is 5.45. The van der Waals surface area contributed by atoms with E-state index in [9.17, 15) is 0 Å². The van der Waals surface area contributed by atoms with Crippen LogP contribution in [0.15, 0.2) is 24.3 Å². The van der Waals surface area contributed by atoms with Gasteiger partial charge in [0.1, 0.15) is 5.82 Å². The molecule has 0 radical (unpaired) electrons. The standard InChI is InChI=1S/C18H27N3/c1-5-8-16-20-13-9-6-7-10-14(13)21(16)15-11-12-18(2,3)17(15)19-4/h6-7,9-10,15,17,19H,5,8,11-12H2,1-4H3. The number of fused-ring (bicyclic) bond motifs is 1. The second-order valence-electron chi connectivity index (χ2n) is 7.00. The fourth-order valence-electron chi connectivity index (χ4n) is 4.09. The van der Waals surface area contributed by atoms with E-state index in [2.05, 4.69) is 62.0 Å². The monoisotopic (exact) mass is 285 g/mol. The molecule has 3 rings (SSSR count). The molecule has 1 saturated carbocycles. The van der Waals surface area contributed by atoms with E-state index < -0.39 is 0 Å². The third kappa shape index (κ3) is 2.38. The number of hydrogen-bond acceptors (Lipinski definition) is 2. The number of likely N-dealkylation sites (N-methyl/N-ethyl adjacent to an activating group) is 1. The smallest absolute Gasteiger partial charge is 0.110 e. The van der Waals surface area contributed by atoms with Gasteiger partial charge in [0.15, 0.2) is 0 Å². The van der Waals surface area contributed by atoms with Crippen LogP contribution >= 0.6 is 0 Å². The average molecular weight is 285 g/mol. The number of rotatable bonds is 4. The lowest BCUT2D eigenvalue weighted by Crippen LogP contribution is -2.41. The molecule has 114 valence electrons. The predicted molar refractivity (Wildman–Crippen MR) is 88.6 cm³/mol. The van der Waals surface area contributed by atoms with Crippen molar-refractivity contribution in [3.8, 4) is 0 Å². The van der Waals surface area contributed by atoms with Crippen LogP contribution in [0.2, 0.25) is 0 Å². The van der Waals surface area contributed by atoms with Crippen LogP contribution in [0.3, 0.4) is 0 Å². The molecule has 1 aliphatic carbocycles. The molecule has 0 spiro atoms. The molecule has 21 heavy (non-hydrogen) atoms. The highest BCUT2D eigenvalue weighted by Gasteiger charge is 2.42. The molecule has 0 aliphatic heterocycles. The zero-order valence-corrected chi connectivity index (χ0v) is 13.7. The van der Waals surface area contributed by atoms with Crippen molar-refractivity contribution in [2.75, 3.05) is 7.05 Å². The number of nitrogens with zero attached hydrogens (tertiary/aromatic N) is 2. The van der Waals surface area contributed by atoms with Gasteiger partial charge in [-0.15, -0.1) is 0 Å². The maximum absolute atomic E-state index is 4.90. The normalized spacial score (nSPS) is 24.8. The Morgan fingerprint density at radius 3 is 2.81 bits per heavy atom. The van der Waals surface area contributed by atoms with E-state index in [1.54, 1.807) is 0 Å². The van der Waals surface area contributed by atoms with Crippen molar-refractivity contribution in [3.63, 3.8) is 0 Å². The highest BCUT2D eigenvalue weighted by molar-refractivity contribution is 5.76. The van der Waals surface area contributed by atoms with Crippen LogP contribution in [0, 0.1) is 5.41 Å². The summed E-state index contributed by atoms with van der Waals surface area (Å²) in [7, 11) is 2.10. The molecule has 1 N–H and O–H groups in total. The van der Waals surface area contributed by atoms with Gasteiger partial charge in [-0.1, -0.05) is 32.9 Å². The number of aryl methyl sites for hydroxylation is 1. The van der Waals surface area contributed by atoms with Crippen LogP contribution < -0.4 is 5.32 Å². The first-order valence-electron chi connectivity index (χ1n) is 8.21. The predicted octanol–water partition coefficient (Wildman–Crippen LogP) is 3.94. The molecule has 1 aromatic heterocycles. The first-order valence-corrected chi connectivity index (χ1v) is 8.21. The van der Waals surface area contributed by atoms with Gasteiger partial charge >= 0.3 is 0 Å². The molecule has 3 heteroatoms. The fraction of sp³-hybridized carbons (Fsp3) is 0.611. The molecule has 1 heterocycles. The Hall–Kier alpha value is -1.35. The van der Waals surface area contributed by atoms with Crippen LogP contribution in [0.25, 0.3) is 11.0 Å². The molecule has 1 aromatic carbocycles. The van der Waals surface area contributed by atoms with Gasteiger partial charge in [0.2, 0.25) is 0 Å². The SMILES string of the molecule is CCCc1nc2ccccc2n1C1CCC(C)(C)C1NC. The summed E-state index contributed by atoms with van der Waals surface area (Å²) in [6.07, 6.45) is 4.70. The van der Waals surface area contributed by atoms with Crippen molar-refractivity contribution < 1.29 is 0 Å². The van der Waals surface area contributed by atoms with Gasteiger partial charge in [-0.2, -0.15) is 0 Å². The number of imidazole rings is 1. The van der Waals surface area contributed by atoms with Gasteiger partial charge in [-0.3, -0.25) is 0 Å². The van der Waals surface area contributed by atoms with E-state index in [0.717, 1.165) is 18.4 Å². The van der Waals surface area contributed by atoms with Crippen molar-refractivity contribution in [1.82, 2.24) is 14.9 Å². The lowest BCUT2D eigenvalue weighted by Gasteiger charge is -2.32. The highest BCUT2D eigenvalue weighted by atomic mass is 15.2. The van der Waals surface area contributed by atoms with E-state index in [1.807, 2.05) is 0 Å². The third-order valence-electron chi connectivity index (χ3n) is 5.10. The first kappa shape index (κ1) is 14.6. The quantitative estimate of drug-likeness (QED) is 0.922. The molecule has 2 aromatic rings. The van der Waals surface area contributed by atoms with Crippen LogP contribution in [-0.4, -0.2) is 22.6 Å². The summed E-state index contributed by atoms with van der Waals surface area (Å²) < 4.78 is 2.52. The van der Waals surface area contributed by atoms with E-state index in [0.29, 0.717) is 17.5 Å². The number of para-hydroxylation sites is 2. The molecule has 1 fully saturated rings. The van der Waals surface area contributed by atoms with Crippen LogP contribution in [0.4, 0.5) is 0 Å². The molecular weight excluding hydrogens is 258 g/mol. The van der Waals surface area contributed by atoms with Gasteiger partial charge < -0.3 is 9.88 Å². The molecular formula is C18H27N3. The summed E-state index contributed by atoms with van der Waals surface area (Å²) in [6, 6.07) is 9.59. The van der Waals surface area contributed by atoms with E-state index in [-0.39, 0.29) is 0 Å². The lowest BCUT2D eigenvalue weighted by molar-refractivity contribution is 0.261. The minimum atomic E-state index is 0.342. The Labute approximate surface area is 127 Å². The van der Waals surface area contributed by atoms with Gasteiger partial charge in [0, 0.05) is 12.5 Å². The zero-order chi connectivity index (χ0) is 15.0. The molecule has 3 nitrogen and oxygen atoms in total. The van der Waals surface area contributed by atoms with Crippen LogP contribution in [-0.2, 0) is 6.42 Å². The summed E-state index contributed by atoms with van der Waals surface area (Å²) in [5.74, 6) is 1.25. The van der Waals surface area contributed by atoms with Gasteiger partial charge in [0.05, 0.1) is 17.1 Å². The number of hydrogen-bond donors (Lipinski definition) is 1. The molecule has 2 unspecified atom stereocenters. The minimum absolute atomic E-state index is 0.342. The van der Waals surface area contributed by atoms with Crippen LogP contribution in [0.5, 0.6) is 0 Å². The first-order chi connectivity index (χ1) is 10.1. The molecule has 2 atom stereocenters. The Bertz CT molecular complexity index is 626. The third-order valence-corrected chi connectivity index (χ3v) is 5.10. The number of nitrogens with one attached hydrogen (secondary N) is 1. The van der Waals surface area contributed by atoms with Crippen molar-refractivity contribution in [1.29, 1.82) is 0 Å². The lowest BCUT2D eigenvalue weighted by atomic mass is 9.86. The topological polar surface area (TPSA) is 29.9 Å². The van der Waals surface area contributed by atoms with Crippen molar-refractivity contribution in [2.24, 2.45) is 5.41 Å². The van der Waals surface area contributed by atoms with Crippen molar-refractivity contribution in [2.45, 2.75) is 58.5 Å². The molecule has 1 aliphatic rings. The summed E-state index contributed by atoms with van der Waals surface area (Å²) in [5, 5.41) is 3.58. The van der Waals surface area contributed by atoms with Gasteiger partial charge in [-0.05, 0) is 43.9 Å². The second-order valence-corrected chi connectivity index (χ2v) is 7.00. The number of benzene rings is 1. The molecule has 0 amide bonds. The summed E-state index contributed by atoms with van der Waals surface area (Å²) in [4.78, 5) is 4.90. The van der Waals surface area contributed by atoms with Crippen molar-refractivity contribution in [3.05, 3.63) is 30.1 Å². The fourth-order valence-corrected chi connectivity index (χ4v) is 4.09. The summed E-state index contributed by atoms with van der Waals surface area (Å²) >= 11 is 0. The molecule has 0 saturated heterocycles. The van der Waals surface area contributed by atoms with Crippen LogP contribution in [0.1, 0.15) is 51.9 Å². The average Bonchev–Trinajstić information content (AvgIpc) is 2.95. The maximum Gasteiger partial charge on any atom is 0.110 e. The highest BCUT2D eigenvalue weighted by Crippen LogP contribution is 2.45. The summed E-state index contributed by atoms with van der Waals surface area (Å²) in [6.45, 7) is 7.00. The van der Waals surface area contributed by atoms with E-state index >= 15 is 0 Å². The van der Waals surface area contributed by atoms with Crippen molar-refractivity contribution >= 4 is 11.0 Å². The Kier molecular flexibility index (Phi) is 3.78. The minimum Gasteiger partial charge on any atom is -0.323 e. The molecule has 0 bridgehead atoms. The van der Waals surface area contributed by atoms with E-state index in [1.165, 1.54) is 24.2 Å².